The van der Waals surface area contributed by atoms with E-state index >= 15 is 0 Å². The molecule has 0 aliphatic heterocycles. The second-order valence-corrected chi connectivity index (χ2v) is 4.95. The smallest absolute Gasteiger partial charge is 0.265 e. The van der Waals surface area contributed by atoms with Crippen LogP contribution in [0.4, 0.5) is 0 Å². The van der Waals surface area contributed by atoms with E-state index in [0.717, 1.165) is 17.5 Å². The first-order valence-corrected chi connectivity index (χ1v) is 6.99. The number of rotatable bonds is 6. The van der Waals surface area contributed by atoms with Gasteiger partial charge in [0.1, 0.15) is 0 Å². The van der Waals surface area contributed by atoms with Gasteiger partial charge in [-0.2, -0.15) is 0 Å². The second-order valence-electron chi connectivity index (χ2n) is 4.95. The summed E-state index contributed by atoms with van der Waals surface area (Å²) in [6.45, 7) is 5.76. The van der Waals surface area contributed by atoms with E-state index in [9.17, 15) is 4.79 Å². The van der Waals surface area contributed by atoms with Crippen LogP contribution in [-0.4, -0.2) is 5.91 Å². The van der Waals surface area contributed by atoms with Gasteiger partial charge >= 0.3 is 0 Å². The number of carbonyl (C=O) groups excluding carboxylic acids is 1. The molecule has 1 atom stereocenters. The van der Waals surface area contributed by atoms with Gasteiger partial charge in [-0.3, -0.25) is 10.2 Å². The summed E-state index contributed by atoms with van der Waals surface area (Å²) in [5, 5.41) is 0. The molecule has 0 aliphatic rings. The zero-order valence-corrected chi connectivity index (χ0v) is 12.2. The average Bonchev–Trinajstić information content (AvgIpc) is 2.52. The first kappa shape index (κ1) is 15.0. The third-order valence-electron chi connectivity index (χ3n) is 3.28. The molecule has 0 heterocycles. The minimum atomic E-state index is -0.139. The standard InChI is InChI=1S/C18H20N2O/c1-3-7-17(15-8-5-4-6-9-15)19-20-18(21)16-12-10-14(2)11-13-16/h3-6,8-13,17,19H,1,7H2,2H3,(H,20,21). The molecule has 0 spiro atoms. The third-order valence-corrected chi connectivity index (χ3v) is 3.28. The number of hydrazine groups is 1. The van der Waals surface area contributed by atoms with E-state index in [4.69, 9.17) is 0 Å². The topological polar surface area (TPSA) is 41.1 Å². The maximum atomic E-state index is 12.1. The number of aryl methyl sites for hydroxylation is 1. The van der Waals surface area contributed by atoms with Crippen LogP contribution in [0.25, 0.3) is 0 Å². The van der Waals surface area contributed by atoms with Crippen LogP contribution in [-0.2, 0) is 0 Å². The Bertz CT molecular complexity index is 590. The van der Waals surface area contributed by atoms with Crippen molar-refractivity contribution in [3.63, 3.8) is 0 Å². The van der Waals surface area contributed by atoms with E-state index in [1.165, 1.54) is 0 Å². The summed E-state index contributed by atoms with van der Waals surface area (Å²) in [4.78, 5) is 12.1. The number of hydrogen-bond donors (Lipinski definition) is 2. The van der Waals surface area contributed by atoms with Crippen molar-refractivity contribution in [2.24, 2.45) is 0 Å². The number of benzene rings is 2. The normalized spacial score (nSPS) is 11.7. The molecule has 0 radical (unpaired) electrons. The molecule has 0 saturated carbocycles. The number of carbonyl (C=O) groups is 1. The van der Waals surface area contributed by atoms with Crippen LogP contribution < -0.4 is 10.9 Å². The molecule has 0 aliphatic carbocycles. The van der Waals surface area contributed by atoms with Gasteiger partial charge in [-0.1, -0.05) is 54.1 Å². The molecule has 0 saturated heterocycles. The SMILES string of the molecule is C=CCC(NNC(=O)c1ccc(C)cc1)c1ccccc1. The fourth-order valence-electron chi connectivity index (χ4n) is 2.06. The quantitative estimate of drug-likeness (QED) is 0.627. The molecule has 0 aromatic heterocycles. The van der Waals surface area contributed by atoms with E-state index in [0.29, 0.717) is 5.56 Å². The molecule has 0 bridgehead atoms. The van der Waals surface area contributed by atoms with Crippen LogP contribution in [0.5, 0.6) is 0 Å². The van der Waals surface area contributed by atoms with Crippen molar-refractivity contribution in [1.82, 2.24) is 10.9 Å². The van der Waals surface area contributed by atoms with Crippen molar-refractivity contribution in [2.45, 2.75) is 19.4 Å². The Hall–Kier alpha value is -2.39. The van der Waals surface area contributed by atoms with Gasteiger partial charge in [0.2, 0.25) is 0 Å². The minimum Gasteiger partial charge on any atom is -0.287 e. The van der Waals surface area contributed by atoms with Gasteiger partial charge in [0, 0.05) is 5.56 Å². The summed E-state index contributed by atoms with van der Waals surface area (Å²) < 4.78 is 0. The van der Waals surface area contributed by atoms with Crippen LogP contribution in [0.3, 0.4) is 0 Å². The van der Waals surface area contributed by atoms with Crippen LogP contribution in [0, 0.1) is 6.92 Å². The van der Waals surface area contributed by atoms with Crippen molar-refractivity contribution in [3.8, 4) is 0 Å². The molecule has 3 heteroatoms. The Labute approximate surface area is 125 Å². The largest absolute Gasteiger partial charge is 0.287 e. The maximum absolute atomic E-state index is 12.1. The van der Waals surface area contributed by atoms with E-state index in [1.54, 1.807) is 0 Å². The highest BCUT2D eigenvalue weighted by Crippen LogP contribution is 2.15. The predicted molar refractivity (Wildman–Crippen MR) is 85.8 cm³/mol. The van der Waals surface area contributed by atoms with Gasteiger partial charge < -0.3 is 0 Å². The summed E-state index contributed by atoms with van der Waals surface area (Å²) in [5.41, 5.74) is 8.73. The molecule has 2 rings (SSSR count). The zero-order valence-electron chi connectivity index (χ0n) is 12.2. The minimum absolute atomic E-state index is 0.0121. The highest BCUT2D eigenvalue weighted by Gasteiger charge is 2.11. The Morgan fingerprint density at radius 2 is 1.81 bits per heavy atom. The number of hydrogen-bond acceptors (Lipinski definition) is 2. The second kappa shape index (κ2) is 7.41. The fourth-order valence-corrected chi connectivity index (χ4v) is 2.06. The Morgan fingerprint density at radius 1 is 1.14 bits per heavy atom. The summed E-state index contributed by atoms with van der Waals surface area (Å²) in [6, 6.07) is 17.5. The van der Waals surface area contributed by atoms with Crippen molar-refractivity contribution < 1.29 is 4.79 Å². The fraction of sp³-hybridized carbons (Fsp3) is 0.167. The van der Waals surface area contributed by atoms with Gasteiger partial charge in [-0.15, -0.1) is 6.58 Å². The van der Waals surface area contributed by atoms with Gasteiger partial charge in [-0.25, -0.2) is 5.43 Å². The molecule has 21 heavy (non-hydrogen) atoms. The molecule has 2 aromatic rings. The van der Waals surface area contributed by atoms with E-state index in [1.807, 2.05) is 67.6 Å². The Morgan fingerprint density at radius 3 is 2.43 bits per heavy atom. The van der Waals surface area contributed by atoms with Gasteiger partial charge in [0.25, 0.3) is 5.91 Å². The lowest BCUT2D eigenvalue weighted by atomic mass is 10.0. The van der Waals surface area contributed by atoms with E-state index in [2.05, 4.69) is 17.4 Å². The lowest BCUT2D eigenvalue weighted by Gasteiger charge is -2.18. The van der Waals surface area contributed by atoms with Crippen molar-refractivity contribution in [1.29, 1.82) is 0 Å². The van der Waals surface area contributed by atoms with E-state index in [-0.39, 0.29) is 11.9 Å². The van der Waals surface area contributed by atoms with Crippen molar-refractivity contribution >= 4 is 5.91 Å². The Kier molecular flexibility index (Phi) is 5.29. The molecule has 2 aromatic carbocycles. The van der Waals surface area contributed by atoms with Crippen LogP contribution in [0.2, 0.25) is 0 Å². The first-order valence-electron chi connectivity index (χ1n) is 6.99. The van der Waals surface area contributed by atoms with Crippen molar-refractivity contribution in [3.05, 3.63) is 83.9 Å². The molecular formula is C18H20N2O. The summed E-state index contributed by atoms with van der Waals surface area (Å²) in [5.74, 6) is -0.139. The predicted octanol–water partition coefficient (Wildman–Crippen LogP) is 3.55. The summed E-state index contributed by atoms with van der Waals surface area (Å²) in [6.07, 6.45) is 2.57. The molecule has 1 unspecified atom stereocenters. The lowest BCUT2D eigenvalue weighted by Crippen LogP contribution is -2.39. The van der Waals surface area contributed by atoms with E-state index < -0.39 is 0 Å². The molecular weight excluding hydrogens is 260 g/mol. The third kappa shape index (κ3) is 4.29. The van der Waals surface area contributed by atoms with Gasteiger partial charge in [0.05, 0.1) is 6.04 Å². The summed E-state index contributed by atoms with van der Waals surface area (Å²) >= 11 is 0. The molecule has 108 valence electrons. The average molecular weight is 280 g/mol. The van der Waals surface area contributed by atoms with Crippen molar-refractivity contribution in [2.75, 3.05) is 0 Å². The van der Waals surface area contributed by atoms with Gasteiger partial charge in [0.15, 0.2) is 0 Å². The highest BCUT2D eigenvalue weighted by molar-refractivity contribution is 5.93. The van der Waals surface area contributed by atoms with Gasteiger partial charge in [-0.05, 0) is 31.0 Å². The van der Waals surface area contributed by atoms with Crippen LogP contribution in [0.1, 0.15) is 33.9 Å². The number of amides is 1. The Balaban J connectivity index is 2.00. The van der Waals surface area contributed by atoms with Crippen LogP contribution >= 0.6 is 0 Å². The molecule has 2 N–H and O–H groups in total. The molecule has 3 nitrogen and oxygen atoms in total. The summed E-state index contributed by atoms with van der Waals surface area (Å²) in [7, 11) is 0. The lowest BCUT2D eigenvalue weighted by molar-refractivity contribution is 0.0925. The molecule has 0 fully saturated rings. The number of nitrogens with one attached hydrogen (secondary N) is 2. The maximum Gasteiger partial charge on any atom is 0.265 e. The first-order chi connectivity index (χ1) is 10.2. The monoisotopic (exact) mass is 280 g/mol. The zero-order chi connectivity index (χ0) is 15.1. The molecule has 1 amide bonds. The highest BCUT2D eigenvalue weighted by atomic mass is 16.2. The van der Waals surface area contributed by atoms with Crippen LogP contribution in [0.15, 0.2) is 67.3 Å².